The van der Waals surface area contributed by atoms with E-state index in [-0.39, 0.29) is 0 Å². The fourth-order valence-corrected chi connectivity index (χ4v) is 3.08. The second-order valence-corrected chi connectivity index (χ2v) is 5.59. The van der Waals surface area contributed by atoms with E-state index in [1.807, 2.05) is 25.1 Å². The Hall–Kier alpha value is -1.65. The summed E-state index contributed by atoms with van der Waals surface area (Å²) in [7, 11) is 0. The molecule has 0 saturated heterocycles. The number of aryl methyl sites for hydroxylation is 1. The molecule has 0 bridgehead atoms. The van der Waals surface area contributed by atoms with E-state index in [1.54, 1.807) is 23.6 Å². The number of nitrogen functional groups attached to an aromatic ring is 1. The number of anilines is 1. The monoisotopic (exact) mass is 275 g/mol. The van der Waals surface area contributed by atoms with Gasteiger partial charge in [0.1, 0.15) is 5.82 Å². The zero-order valence-corrected chi connectivity index (χ0v) is 11.2. The van der Waals surface area contributed by atoms with Gasteiger partial charge in [-0.3, -0.25) is 0 Å². The number of hydrogen-bond acceptors (Lipinski definition) is 4. The molecule has 0 aliphatic heterocycles. The van der Waals surface area contributed by atoms with Crippen LogP contribution in [0, 0.1) is 6.92 Å². The molecule has 0 atom stereocenters. The first kappa shape index (κ1) is 11.4. The Morgan fingerprint density at radius 3 is 2.94 bits per heavy atom. The van der Waals surface area contributed by atoms with Crippen molar-refractivity contribution in [3.8, 4) is 11.1 Å². The Morgan fingerprint density at radius 1 is 1.28 bits per heavy atom. The Morgan fingerprint density at radius 2 is 2.11 bits per heavy atom. The smallest absolute Gasteiger partial charge is 0.124 e. The molecule has 3 nitrogen and oxygen atoms in total. The molecular formula is C13H10ClN3S. The Labute approximate surface area is 113 Å². The lowest BCUT2D eigenvalue weighted by Crippen LogP contribution is -1.91. The third-order valence-corrected chi connectivity index (χ3v) is 4.01. The van der Waals surface area contributed by atoms with Crippen LogP contribution < -0.4 is 5.73 Å². The number of thiazole rings is 1. The van der Waals surface area contributed by atoms with Crippen LogP contribution in [0.2, 0.25) is 5.02 Å². The van der Waals surface area contributed by atoms with Crippen molar-refractivity contribution in [2.75, 3.05) is 5.73 Å². The summed E-state index contributed by atoms with van der Waals surface area (Å²) in [5.74, 6) is 0.465. The molecule has 1 aromatic carbocycles. The van der Waals surface area contributed by atoms with Gasteiger partial charge in [-0.1, -0.05) is 23.7 Å². The molecular weight excluding hydrogens is 266 g/mol. The highest BCUT2D eigenvalue weighted by Crippen LogP contribution is 2.36. The van der Waals surface area contributed by atoms with E-state index in [1.165, 1.54) is 0 Å². The van der Waals surface area contributed by atoms with Crippen LogP contribution in [0.4, 0.5) is 5.82 Å². The molecule has 3 rings (SSSR count). The predicted octanol–water partition coefficient (Wildman–Crippen LogP) is 3.90. The van der Waals surface area contributed by atoms with Crippen LogP contribution in [-0.4, -0.2) is 9.97 Å². The molecule has 2 aromatic heterocycles. The predicted molar refractivity (Wildman–Crippen MR) is 77.0 cm³/mol. The molecule has 0 saturated carbocycles. The van der Waals surface area contributed by atoms with Crippen LogP contribution in [0.15, 0.2) is 30.5 Å². The van der Waals surface area contributed by atoms with Crippen molar-refractivity contribution in [2.45, 2.75) is 6.92 Å². The highest BCUT2D eigenvalue weighted by Gasteiger charge is 2.11. The molecule has 18 heavy (non-hydrogen) atoms. The van der Waals surface area contributed by atoms with E-state index < -0.39 is 0 Å². The number of halogens is 1. The van der Waals surface area contributed by atoms with Crippen LogP contribution in [0.5, 0.6) is 0 Å². The molecule has 0 amide bonds. The topological polar surface area (TPSA) is 51.8 Å². The van der Waals surface area contributed by atoms with Crippen molar-refractivity contribution in [1.29, 1.82) is 0 Å². The first-order valence-corrected chi connectivity index (χ1v) is 6.62. The molecule has 3 aromatic rings. The minimum absolute atomic E-state index is 0.465. The lowest BCUT2D eigenvalue weighted by Gasteiger charge is -2.06. The van der Waals surface area contributed by atoms with Gasteiger partial charge in [0.05, 0.1) is 20.2 Å². The molecule has 90 valence electrons. The SMILES string of the molecule is Cc1nc2cccc(-c3cc(N)ncc3Cl)c2s1. The molecule has 2 N–H and O–H groups in total. The summed E-state index contributed by atoms with van der Waals surface area (Å²) in [5, 5.41) is 1.64. The second-order valence-electron chi connectivity index (χ2n) is 3.98. The van der Waals surface area contributed by atoms with Gasteiger partial charge in [0, 0.05) is 17.3 Å². The van der Waals surface area contributed by atoms with Crippen molar-refractivity contribution in [3.05, 3.63) is 40.5 Å². The van der Waals surface area contributed by atoms with Crippen LogP contribution in [0.25, 0.3) is 21.3 Å². The standard InChI is InChI=1S/C13H10ClN3S/c1-7-17-11-4-2-3-8(13(11)18-7)9-5-12(15)16-6-10(9)14/h2-6H,1H3,(H2,15,16). The second kappa shape index (κ2) is 4.23. The average Bonchev–Trinajstić information content (AvgIpc) is 2.72. The summed E-state index contributed by atoms with van der Waals surface area (Å²) in [5.41, 5.74) is 8.67. The summed E-state index contributed by atoms with van der Waals surface area (Å²) >= 11 is 7.86. The number of hydrogen-bond donors (Lipinski definition) is 1. The number of nitrogens with zero attached hydrogens (tertiary/aromatic N) is 2. The van der Waals surface area contributed by atoms with Crippen molar-refractivity contribution >= 4 is 39.0 Å². The summed E-state index contributed by atoms with van der Waals surface area (Å²) in [6.45, 7) is 2.00. The number of aromatic nitrogens is 2. The first-order valence-electron chi connectivity index (χ1n) is 5.42. The summed E-state index contributed by atoms with van der Waals surface area (Å²) in [6.07, 6.45) is 1.58. The number of nitrogens with two attached hydrogens (primary N) is 1. The third-order valence-electron chi connectivity index (χ3n) is 2.69. The Kier molecular flexibility index (Phi) is 2.69. The fraction of sp³-hybridized carbons (Fsp3) is 0.0769. The zero-order valence-electron chi connectivity index (χ0n) is 9.64. The third kappa shape index (κ3) is 1.83. The molecule has 2 heterocycles. The van der Waals surface area contributed by atoms with E-state index in [9.17, 15) is 0 Å². The Balaban J connectivity index is 2.34. The van der Waals surface area contributed by atoms with Crippen LogP contribution in [0.3, 0.4) is 0 Å². The van der Waals surface area contributed by atoms with Gasteiger partial charge in [-0.25, -0.2) is 9.97 Å². The zero-order chi connectivity index (χ0) is 12.7. The van der Waals surface area contributed by atoms with E-state index in [2.05, 4.69) is 9.97 Å². The summed E-state index contributed by atoms with van der Waals surface area (Å²) in [4.78, 5) is 8.46. The minimum atomic E-state index is 0.465. The van der Waals surface area contributed by atoms with Gasteiger partial charge in [-0.2, -0.15) is 0 Å². The number of pyridine rings is 1. The van der Waals surface area contributed by atoms with Crippen LogP contribution in [0.1, 0.15) is 5.01 Å². The highest BCUT2D eigenvalue weighted by atomic mass is 35.5. The maximum Gasteiger partial charge on any atom is 0.124 e. The van der Waals surface area contributed by atoms with Gasteiger partial charge >= 0.3 is 0 Å². The lowest BCUT2D eigenvalue weighted by molar-refractivity contribution is 1.34. The van der Waals surface area contributed by atoms with E-state index >= 15 is 0 Å². The van der Waals surface area contributed by atoms with Crippen molar-refractivity contribution < 1.29 is 0 Å². The average molecular weight is 276 g/mol. The molecule has 0 aliphatic carbocycles. The lowest BCUT2D eigenvalue weighted by atomic mass is 10.1. The van der Waals surface area contributed by atoms with Crippen molar-refractivity contribution in [1.82, 2.24) is 9.97 Å². The van der Waals surface area contributed by atoms with E-state index in [0.29, 0.717) is 10.8 Å². The van der Waals surface area contributed by atoms with E-state index in [0.717, 1.165) is 26.4 Å². The normalized spacial score (nSPS) is 11.0. The largest absolute Gasteiger partial charge is 0.384 e. The fourth-order valence-electron chi connectivity index (χ4n) is 1.93. The Bertz CT molecular complexity index is 736. The quantitative estimate of drug-likeness (QED) is 0.733. The van der Waals surface area contributed by atoms with Gasteiger partial charge in [0.15, 0.2) is 0 Å². The van der Waals surface area contributed by atoms with Gasteiger partial charge in [-0.05, 0) is 19.1 Å². The maximum absolute atomic E-state index is 6.20. The summed E-state index contributed by atoms with van der Waals surface area (Å²) in [6, 6.07) is 7.80. The molecule has 5 heteroatoms. The number of rotatable bonds is 1. The van der Waals surface area contributed by atoms with Crippen LogP contribution in [-0.2, 0) is 0 Å². The van der Waals surface area contributed by atoms with Gasteiger partial charge in [-0.15, -0.1) is 11.3 Å². The molecule has 0 unspecified atom stereocenters. The molecule has 0 aliphatic rings. The summed E-state index contributed by atoms with van der Waals surface area (Å²) < 4.78 is 1.13. The van der Waals surface area contributed by atoms with Crippen molar-refractivity contribution in [3.63, 3.8) is 0 Å². The molecule has 0 fully saturated rings. The highest BCUT2D eigenvalue weighted by molar-refractivity contribution is 7.19. The van der Waals surface area contributed by atoms with Gasteiger partial charge in [0.25, 0.3) is 0 Å². The molecule has 0 radical (unpaired) electrons. The minimum Gasteiger partial charge on any atom is -0.384 e. The van der Waals surface area contributed by atoms with Gasteiger partial charge < -0.3 is 5.73 Å². The van der Waals surface area contributed by atoms with Crippen molar-refractivity contribution in [2.24, 2.45) is 0 Å². The molecule has 0 spiro atoms. The van der Waals surface area contributed by atoms with E-state index in [4.69, 9.17) is 17.3 Å². The number of benzene rings is 1. The maximum atomic E-state index is 6.20. The number of fused-ring (bicyclic) bond motifs is 1. The van der Waals surface area contributed by atoms with Crippen LogP contribution >= 0.6 is 22.9 Å². The first-order chi connectivity index (χ1) is 8.65. The van der Waals surface area contributed by atoms with Gasteiger partial charge in [0.2, 0.25) is 0 Å².